The van der Waals surface area contributed by atoms with E-state index in [0.29, 0.717) is 30.5 Å². The summed E-state index contributed by atoms with van der Waals surface area (Å²) in [4.78, 5) is 8.50. The second kappa shape index (κ2) is 7.19. The Morgan fingerprint density at radius 1 is 1.24 bits per heavy atom. The van der Waals surface area contributed by atoms with Gasteiger partial charge in [0.1, 0.15) is 18.2 Å². The van der Waals surface area contributed by atoms with Crippen LogP contribution in [-0.2, 0) is 17.8 Å². The second-order valence-electron chi connectivity index (χ2n) is 4.29. The second-order valence-corrected chi connectivity index (χ2v) is 4.29. The molecule has 1 aromatic heterocycles. The summed E-state index contributed by atoms with van der Waals surface area (Å²) in [5.74, 6) is 7.03. The zero-order valence-corrected chi connectivity index (χ0v) is 11.6. The summed E-state index contributed by atoms with van der Waals surface area (Å²) in [7, 11) is 1.58. The van der Waals surface area contributed by atoms with Crippen molar-refractivity contribution < 1.29 is 4.74 Å². The van der Waals surface area contributed by atoms with Crippen molar-refractivity contribution in [1.29, 1.82) is 5.26 Å². The van der Waals surface area contributed by atoms with Crippen molar-refractivity contribution in [1.82, 2.24) is 9.97 Å². The van der Waals surface area contributed by atoms with Crippen molar-refractivity contribution in [2.45, 2.75) is 13.0 Å². The Bertz CT molecular complexity index is 635. The van der Waals surface area contributed by atoms with Gasteiger partial charge in [0.15, 0.2) is 5.82 Å². The first kappa shape index (κ1) is 14.7. The first-order valence-corrected chi connectivity index (χ1v) is 6.31. The lowest BCUT2D eigenvalue weighted by Gasteiger charge is -2.09. The number of anilines is 3. The minimum Gasteiger partial charge on any atom is -0.377 e. The highest BCUT2D eigenvalue weighted by Gasteiger charge is 2.04. The fourth-order valence-corrected chi connectivity index (χ4v) is 1.77. The highest BCUT2D eigenvalue weighted by molar-refractivity contribution is 5.59. The Hall–Kier alpha value is -2.69. The molecule has 0 aliphatic heterocycles. The minimum absolute atomic E-state index is 0.297. The molecule has 108 valence electrons. The number of rotatable bonds is 6. The molecule has 0 fully saturated rings. The number of nitrogens with zero attached hydrogens (tertiary/aromatic N) is 3. The van der Waals surface area contributed by atoms with Gasteiger partial charge in [-0.3, -0.25) is 0 Å². The monoisotopic (exact) mass is 284 g/mol. The lowest BCUT2D eigenvalue weighted by molar-refractivity contribution is 0.178. The van der Waals surface area contributed by atoms with Gasteiger partial charge in [-0.1, -0.05) is 12.1 Å². The molecule has 7 nitrogen and oxygen atoms in total. The van der Waals surface area contributed by atoms with Gasteiger partial charge in [0.05, 0.1) is 12.5 Å². The lowest BCUT2D eigenvalue weighted by atomic mass is 10.1. The molecule has 0 saturated heterocycles. The van der Waals surface area contributed by atoms with Crippen LogP contribution in [0.5, 0.6) is 0 Å². The van der Waals surface area contributed by atoms with Crippen LogP contribution in [-0.4, -0.2) is 17.1 Å². The van der Waals surface area contributed by atoms with Crippen molar-refractivity contribution in [3.05, 3.63) is 41.7 Å². The van der Waals surface area contributed by atoms with E-state index in [2.05, 4.69) is 26.8 Å². The van der Waals surface area contributed by atoms with Gasteiger partial charge in [0.2, 0.25) is 0 Å². The van der Waals surface area contributed by atoms with Crippen LogP contribution < -0.4 is 16.6 Å². The van der Waals surface area contributed by atoms with E-state index in [-0.39, 0.29) is 0 Å². The Balaban J connectivity index is 2.18. The van der Waals surface area contributed by atoms with Gasteiger partial charge in [-0.15, -0.1) is 0 Å². The first-order chi connectivity index (χ1) is 10.2. The van der Waals surface area contributed by atoms with Crippen LogP contribution in [0.1, 0.15) is 11.4 Å². The molecule has 0 aliphatic carbocycles. The van der Waals surface area contributed by atoms with Gasteiger partial charge in [0.25, 0.3) is 0 Å². The molecule has 7 heteroatoms. The van der Waals surface area contributed by atoms with Crippen LogP contribution in [0.2, 0.25) is 0 Å². The summed E-state index contributed by atoms with van der Waals surface area (Å²) < 4.78 is 5.02. The van der Waals surface area contributed by atoms with E-state index in [0.717, 1.165) is 11.3 Å². The summed E-state index contributed by atoms with van der Waals surface area (Å²) >= 11 is 0. The van der Waals surface area contributed by atoms with Crippen molar-refractivity contribution in [2.24, 2.45) is 5.84 Å². The molecule has 1 aromatic carbocycles. The molecule has 0 amide bonds. The van der Waals surface area contributed by atoms with Crippen LogP contribution in [0.4, 0.5) is 17.3 Å². The van der Waals surface area contributed by atoms with Crippen LogP contribution >= 0.6 is 0 Å². The SMILES string of the molecule is COCc1nc(NN)cc(Nc2ccc(CC#N)cc2)n1. The summed E-state index contributed by atoms with van der Waals surface area (Å²) in [6.45, 7) is 0.297. The number of nitriles is 1. The Morgan fingerprint density at radius 3 is 2.57 bits per heavy atom. The maximum absolute atomic E-state index is 8.65. The number of aromatic nitrogens is 2. The predicted molar refractivity (Wildman–Crippen MR) is 79.6 cm³/mol. The molecule has 0 aliphatic rings. The summed E-state index contributed by atoms with van der Waals surface area (Å²) in [5, 5.41) is 11.8. The van der Waals surface area contributed by atoms with Crippen molar-refractivity contribution >= 4 is 17.3 Å². The molecule has 2 rings (SSSR count). The van der Waals surface area contributed by atoms with E-state index in [1.54, 1.807) is 13.2 Å². The number of methoxy groups -OCH3 is 1. The number of hydrazine groups is 1. The molecular formula is C14H16N6O. The maximum Gasteiger partial charge on any atom is 0.158 e. The van der Waals surface area contributed by atoms with Crippen molar-refractivity contribution in [3.8, 4) is 6.07 Å². The van der Waals surface area contributed by atoms with Gasteiger partial charge in [-0.2, -0.15) is 5.26 Å². The van der Waals surface area contributed by atoms with Gasteiger partial charge < -0.3 is 15.5 Å². The standard InChI is InChI=1S/C14H16N6O/c1-21-9-14-18-12(8-13(19-14)20-16)17-11-4-2-10(3-5-11)6-7-15/h2-5,8H,6,9,16H2,1H3,(H2,17,18,19,20). The molecule has 1 heterocycles. The molecule has 21 heavy (non-hydrogen) atoms. The third-order valence-corrected chi connectivity index (χ3v) is 2.70. The van der Waals surface area contributed by atoms with Crippen LogP contribution in [0, 0.1) is 11.3 Å². The number of hydrogen-bond donors (Lipinski definition) is 3. The number of benzene rings is 1. The molecule has 0 radical (unpaired) electrons. The third-order valence-electron chi connectivity index (χ3n) is 2.70. The number of ether oxygens (including phenoxy) is 1. The normalized spacial score (nSPS) is 9.95. The number of nitrogen functional groups attached to an aromatic ring is 1. The summed E-state index contributed by atoms with van der Waals surface area (Å²) in [6.07, 6.45) is 0.396. The van der Waals surface area contributed by atoms with Gasteiger partial charge in [0, 0.05) is 18.9 Å². The molecule has 2 aromatic rings. The van der Waals surface area contributed by atoms with Crippen molar-refractivity contribution in [2.75, 3.05) is 17.9 Å². The van der Waals surface area contributed by atoms with Crippen LogP contribution in [0.25, 0.3) is 0 Å². The largest absolute Gasteiger partial charge is 0.377 e. The summed E-state index contributed by atoms with van der Waals surface area (Å²) in [6, 6.07) is 11.4. The molecular weight excluding hydrogens is 268 g/mol. The number of hydrogen-bond acceptors (Lipinski definition) is 7. The molecule has 0 unspecified atom stereocenters. The van der Waals surface area contributed by atoms with Crippen LogP contribution in [0.15, 0.2) is 30.3 Å². The lowest BCUT2D eigenvalue weighted by Crippen LogP contribution is -2.11. The molecule has 0 bridgehead atoms. The fraction of sp³-hybridized carbons (Fsp3) is 0.214. The highest BCUT2D eigenvalue weighted by atomic mass is 16.5. The molecule has 4 N–H and O–H groups in total. The van der Waals surface area contributed by atoms with Crippen LogP contribution in [0.3, 0.4) is 0 Å². The van der Waals surface area contributed by atoms with Crippen molar-refractivity contribution in [3.63, 3.8) is 0 Å². The van der Waals surface area contributed by atoms with E-state index in [9.17, 15) is 0 Å². The first-order valence-electron chi connectivity index (χ1n) is 6.31. The van der Waals surface area contributed by atoms with Gasteiger partial charge in [-0.05, 0) is 17.7 Å². The van der Waals surface area contributed by atoms with E-state index in [4.69, 9.17) is 15.8 Å². The Kier molecular flexibility index (Phi) is 5.04. The zero-order chi connectivity index (χ0) is 15.1. The quantitative estimate of drug-likeness (QED) is 0.547. The zero-order valence-electron chi connectivity index (χ0n) is 11.6. The maximum atomic E-state index is 8.65. The average Bonchev–Trinajstić information content (AvgIpc) is 2.49. The average molecular weight is 284 g/mol. The smallest absolute Gasteiger partial charge is 0.158 e. The Labute approximate surface area is 122 Å². The molecule has 0 spiro atoms. The number of nitrogens with one attached hydrogen (secondary N) is 2. The fourth-order valence-electron chi connectivity index (χ4n) is 1.77. The Morgan fingerprint density at radius 2 is 1.95 bits per heavy atom. The summed E-state index contributed by atoms with van der Waals surface area (Å²) in [5.41, 5.74) is 4.33. The third kappa shape index (κ3) is 4.14. The number of nitrogens with two attached hydrogens (primary N) is 1. The minimum atomic E-state index is 0.297. The van der Waals surface area contributed by atoms with E-state index in [1.807, 2.05) is 24.3 Å². The topological polar surface area (TPSA) is 109 Å². The molecule has 0 atom stereocenters. The van der Waals surface area contributed by atoms with E-state index < -0.39 is 0 Å². The highest BCUT2D eigenvalue weighted by Crippen LogP contribution is 2.18. The van der Waals surface area contributed by atoms with E-state index >= 15 is 0 Å². The molecule has 0 saturated carbocycles. The van der Waals surface area contributed by atoms with Gasteiger partial charge in [-0.25, -0.2) is 15.8 Å². The van der Waals surface area contributed by atoms with Gasteiger partial charge >= 0.3 is 0 Å². The predicted octanol–water partition coefficient (Wildman–Crippen LogP) is 1.72. The van der Waals surface area contributed by atoms with E-state index in [1.165, 1.54) is 0 Å².